The summed E-state index contributed by atoms with van der Waals surface area (Å²) in [6, 6.07) is 4.74. The number of rotatable bonds is 4. The number of hydrogen-bond acceptors (Lipinski definition) is 2. The van der Waals surface area contributed by atoms with Gasteiger partial charge in [0.25, 0.3) is 0 Å². The van der Waals surface area contributed by atoms with Gasteiger partial charge in [-0.3, -0.25) is 0 Å². The number of aliphatic carboxylic acids is 1. The first kappa shape index (κ1) is 11.2. The van der Waals surface area contributed by atoms with E-state index in [0.717, 1.165) is 0 Å². The van der Waals surface area contributed by atoms with Crippen LogP contribution in [0.5, 0.6) is 0 Å². The summed E-state index contributed by atoms with van der Waals surface area (Å²) in [6.45, 7) is 5.16. The number of anilines is 1. The highest BCUT2D eigenvalue weighted by Crippen LogP contribution is 2.13. The molecule has 4 heteroatoms. The third kappa shape index (κ3) is 3.09. The Morgan fingerprint density at radius 1 is 1.60 bits per heavy atom. The van der Waals surface area contributed by atoms with Gasteiger partial charge in [0.1, 0.15) is 11.9 Å². The standard InChI is InChI=1S/C11H12FNO2/c1-7(2)10(11(14)15)13-9-5-3-4-8(12)6-9/h3-6,10,13H,1H2,2H3,(H,14,15). The Bertz CT molecular complexity index is 376. The van der Waals surface area contributed by atoms with Crippen LogP contribution in [0.1, 0.15) is 6.92 Å². The minimum atomic E-state index is -1.04. The smallest absolute Gasteiger partial charge is 0.330 e. The molecule has 0 heterocycles. The average Bonchev–Trinajstić information content (AvgIpc) is 2.13. The molecule has 15 heavy (non-hydrogen) atoms. The number of hydrogen-bond donors (Lipinski definition) is 2. The molecule has 1 unspecified atom stereocenters. The van der Waals surface area contributed by atoms with Crippen LogP contribution in [0.3, 0.4) is 0 Å². The predicted molar refractivity (Wildman–Crippen MR) is 56.3 cm³/mol. The summed E-state index contributed by atoms with van der Waals surface area (Å²) in [5, 5.41) is 11.5. The molecular weight excluding hydrogens is 197 g/mol. The molecule has 1 rings (SSSR count). The lowest BCUT2D eigenvalue weighted by Gasteiger charge is -2.15. The lowest BCUT2D eigenvalue weighted by Crippen LogP contribution is -2.29. The van der Waals surface area contributed by atoms with Crippen molar-refractivity contribution in [3.63, 3.8) is 0 Å². The van der Waals surface area contributed by atoms with E-state index in [1.807, 2.05) is 0 Å². The van der Waals surface area contributed by atoms with E-state index in [2.05, 4.69) is 11.9 Å². The second-order valence-corrected chi connectivity index (χ2v) is 3.27. The van der Waals surface area contributed by atoms with Crippen LogP contribution in [-0.2, 0) is 4.79 Å². The molecule has 0 bridgehead atoms. The Balaban J connectivity index is 2.83. The number of carboxylic acid groups (broad SMARTS) is 1. The van der Waals surface area contributed by atoms with Crippen LogP contribution in [-0.4, -0.2) is 17.1 Å². The molecule has 0 aliphatic carbocycles. The zero-order valence-corrected chi connectivity index (χ0v) is 8.33. The molecule has 0 aliphatic rings. The van der Waals surface area contributed by atoms with Crippen molar-refractivity contribution in [2.24, 2.45) is 0 Å². The molecule has 1 aromatic carbocycles. The van der Waals surface area contributed by atoms with Gasteiger partial charge in [0.2, 0.25) is 0 Å². The summed E-state index contributed by atoms with van der Waals surface area (Å²) < 4.78 is 12.8. The first-order chi connectivity index (χ1) is 7.00. The molecular formula is C11H12FNO2. The van der Waals surface area contributed by atoms with Crippen LogP contribution in [0, 0.1) is 5.82 Å². The van der Waals surface area contributed by atoms with E-state index in [-0.39, 0.29) is 0 Å². The molecule has 0 fully saturated rings. The quantitative estimate of drug-likeness (QED) is 0.748. The van der Waals surface area contributed by atoms with Crippen LogP contribution in [0.15, 0.2) is 36.4 Å². The molecule has 0 spiro atoms. The zero-order chi connectivity index (χ0) is 11.4. The SMILES string of the molecule is C=C(C)C(Nc1cccc(F)c1)C(=O)O. The Kier molecular flexibility index (Phi) is 3.44. The lowest BCUT2D eigenvalue weighted by molar-refractivity contribution is -0.137. The van der Waals surface area contributed by atoms with Gasteiger partial charge in [0.05, 0.1) is 0 Å². The second-order valence-electron chi connectivity index (χ2n) is 3.27. The van der Waals surface area contributed by atoms with E-state index < -0.39 is 17.8 Å². The van der Waals surface area contributed by atoms with Crippen LogP contribution >= 0.6 is 0 Å². The largest absolute Gasteiger partial charge is 0.479 e. The van der Waals surface area contributed by atoms with Crippen molar-refractivity contribution in [3.05, 3.63) is 42.2 Å². The maximum atomic E-state index is 12.8. The van der Waals surface area contributed by atoms with Crippen LogP contribution in [0.2, 0.25) is 0 Å². The van der Waals surface area contributed by atoms with Crippen molar-refractivity contribution in [1.29, 1.82) is 0 Å². The molecule has 0 saturated carbocycles. The molecule has 80 valence electrons. The zero-order valence-electron chi connectivity index (χ0n) is 8.33. The summed E-state index contributed by atoms with van der Waals surface area (Å²) in [6.07, 6.45) is 0. The number of nitrogens with one attached hydrogen (secondary N) is 1. The van der Waals surface area contributed by atoms with Crippen molar-refractivity contribution in [3.8, 4) is 0 Å². The van der Waals surface area contributed by atoms with E-state index >= 15 is 0 Å². The maximum absolute atomic E-state index is 12.8. The topological polar surface area (TPSA) is 49.3 Å². The summed E-state index contributed by atoms with van der Waals surface area (Å²) in [5.41, 5.74) is 0.886. The summed E-state index contributed by atoms with van der Waals surface area (Å²) in [5.74, 6) is -1.45. The first-order valence-electron chi connectivity index (χ1n) is 4.41. The van der Waals surface area contributed by atoms with E-state index in [1.165, 1.54) is 18.2 Å². The number of carbonyl (C=O) groups is 1. The summed E-state index contributed by atoms with van der Waals surface area (Å²) >= 11 is 0. The molecule has 1 atom stereocenters. The molecule has 0 saturated heterocycles. The third-order valence-electron chi connectivity index (χ3n) is 1.88. The van der Waals surface area contributed by atoms with Gasteiger partial charge in [-0.05, 0) is 30.7 Å². The van der Waals surface area contributed by atoms with Gasteiger partial charge in [0, 0.05) is 5.69 Å². The van der Waals surface area contributed by atoms with Crippen molar-refractivity contribution >= 4 is 11.7 Å². The minimum Gasteiger partial charge on any atom is -0.479 e. The average molecular weight is 209 g/mol. The highest BCUT2D eigenvalue weighted by atomic mass is 19.1. The first-order valence-corrected chi connectivity index (χ1v) is 4.41. The minimum absolute atomic E-state index is 0.411. The highest BCUT2D eigenvalue weighted by Gasteiger charge is 2.17. The second kappa shape index (κ2) is 4.59. The van der Waals surface area contributed by atoms with Crippen LogP contribution < -0.4 is 5.32 Å². The molecule has 3 nitrogen and oxygen atoms in total. The van der Waals surface area contributed by atoms with E-state index in [9.17, 15) is 9.18 Å². The van der Waals surface area contributed by atoms with Gasteiger partial charge in [-0.1, -0.05) is 12.6 Å². The molecule has 2 N–H and O–H groups in total. The van der Waals surface area contributed by atoms with Crippen LogP contribution in [0.25, 0.3) is 0 Å². The normalized spacial score (nSPS) is 11.9. The lowest BCUT2D eigenvalue weighted by atomic mass is 10.1. The van der Waals surface area contributed by atoms with Gasteiger partial charge in [-0.25, -0.2) is 9.18 Å². The molecule has 0 radical (unpaired) electrons. The third-order valence-corrected chi connectivity index (χ3v) is 1.88. The van der Waals surface area contributed by atoms with Crippen molar-refractivity contribution in [2.75, 3.05) is 5.32 Å². The predicted octanol–water partition coefficient (Wildman–Crippen LogP) is 2.27. The van der Waals surface area contributed by atoms with E-state index in [0.29, 0.717) is 11.3 Å². The van der Waals surface area contributed by atoms with E-state index in [4.69, 9.17) is 5.11 Å². The van der Waals surface area contributed by atoms with Gasteiger partial charge >= 0.3 is 5.97 Å². The molecule has 0 aliphatic heterocycles. The van der Waals surface area contributed by atoms with Crippen molar-refractivity contribution in [2.45, 2.75) is 13.0 Å². The fourth-order valence-corrected chi connectivity index (χ4v) is 1.14. The monoisotopic (exact) mass is 209 g/mol. The Labute approximate surface area is 87.2 Å². The maximum Gasteiger partial charge on any atom is 0.330 e. The van der Waals surface area contributed by atoms with Gasteiger partial charge < -0.3 is 10.4 Å². The van der Waals surface area contributed by atoms with Gasteiger partial charge in [0.15, 0.2) is 0 Å². The fraction of sp³-hybridized carbons (Fsp3) is 0.182. The number of carboxylic acids is 1. The number of benzene rings is 1. The molecule has 0 aromatic heterocycles. The fourth-order valence-electron chi connectivity index (χ4n) is 1.14. The van der Waals surface area contributed by atoms with Crippen molar-refractivity contribution < 1.29 is 14.3 Å². The summed E-state index contributed by atoms with van der Waals surface area (Å²) in [7, 11) is 0. The van der Waals surface area contributed by atoms with Gasteiger partial charge in [-0.2, -0.15) is 0 Å². The molecule has 1 aromatic rings. The Morgan fingerprint density at radius 3 is 2.73 bits per heavy atom. The van der Waals surface area contributed by atoms with Crippen molar-refractivity contribution in [1.82, 2.24) is 0 Å². The van der Waals surface area contributed by atoms with Gasteiger partial charge in [-0.15, -0.1) is 0 Å². The Morgan fingerprint density at radius 2 is 2.27 bits per heavy atom. The summed E-state index contributed by atoms with van der Waals surface area (Å²) in [4.78, 5) is 10.8. The van der Waals surface area contributed by atoms with E-state index in [1.54, 1.807) is 13.0 Å². The highest BCUT2D eigenvalue weighted by molar-refractivity contribution is 5.80. The molecule has 0 amide bonds. The number of halogens is 1. The van der Waals surface area contributed by atoms with Crippen LogP contribution in [0.4, 0.5) is 10.1 Å². The Hall–Kier alpha value is -1.84.